The van der Waals surface area contributed by atoms with Crippen molar-refractivity contribution < 1.29 is 0 Å². The third-order valence-corrected chi connectivity index (χ3v) is 3.60. The minimum atomic E-state index is 0.421. The molecule has 0 aliphatic carbocycles. The molecule has 0 spiro atoms. The van der Waals surface area contributed by atoms with Gasteiger partial charge < -0.3 is 9.80 Å². The minimum Gasteiger partial charge on any atom is -0.359 e. The smallest absolute Gasteiger partial charge is 0.107 e. The quantitative estimate of drug-likeness (QED) is 0.792. The van der Waals surface area contributed by atoms with Gasteiger partial charge in [0, 0.05) is 25.1 Å². The van der Waals surface area contributed by atoms with Crippen LogP contribution < -0.4 is 4.90 Å². The molecule has 1 aliphatic heterocycles. The Balaban J connectivity index is 2.40. The second-order valence-electron chi connectivity index (χ2n) is 5.74. The molecule has 0 aromatic heterocycles. The Bertz CT molecular complexity index is 434. The van der Waals surface area contributed by atoms with Crippen molar-refractivity contribution in [1.82, 2.24) is 4.90 Å². The standard InChI is InChI=1S/C16H24N2/c1-12(2)14-8-6-7-9-15(14)18-11-10-17(5)16(18)13(3)4/h6-13,16H,1-5H3. The minimum absolute atomic E-state index is 0.421. The SMILES string of the molecule is CC(C)c1ccccc1N1C=CN(C)C1C(C)C. The fraction of sp³-hybridized carbons (Fsp3) is 0.500. The van der Waals surface area contributed by atoms with Crippen LogP contribution in [0.3, 0.4) is 0 Å². The lowest BCUT2D eigenvalue weighted by atomic mass is 9.99. The van der Waals surface area contributed by atoms with Crippen LogP contribution in [0, 0.1) is 5.92 Å². The van der Waals surface area contributed by atoms with E-state index in [1.807, 2.05) is 0 Å². The Morgan fingerprint density at radius 3 is 2.28 bits per heavy atom. The average Bonchev–Trinajstić information content (AvgIpc) is 2.71. The van der Waals surface area contributed by atoms with Gasteiger partial charge in [0.1, 0.15) is 6.17 Å². The van der Waals surface area contributed by atoms with E-state index >= 15 is 0 Å². The zero-order valence-corrected chi connectivity index (χ0v) is 12.1. The van der Waals surface area contributed by atoms with E-state index in [9.17, 15) is 0 Å². The maximum atomic E-state index is 2.40. The summed E-state index contributed by atoms with van der Waals surface area (Å²) in [6, 6.07) is 8.73. The average molecular weight is 244 g/mol. The van der Waals surface area contributed by atoms with Crippen LogP contribution in [0.25, 0.3) is 0 Å². The highest BCUT2D eigenvalue weighted by atomic mass is 15.4. The molecule has 1 atom stereocenters. The van der Waals surface area contributed by atoms with E-state index < -0.39 is 0 Å². The number of benzene rings is 1. The number of hydrogen-bond acceptors (Lipinski definition) is 2. The maximum absolute atomic E-state index is 2.40. The molecule has 18 heavy (non-hydrogen) atoms. The van der Waals surface area contributed by atoms with E-state index in [0.29, 0.717) is 18.0 Å². The van der Waals surface area contributed by atoms with Crippen LogP contribution in [0.4, 0.5) is 5.69 Å². The van der Waals surface area contributed by atoms with Crippen molar-refractivity contribution in [1.29, 1.82) is 0 Å². The number of para-hydroxylation sites is 1. The first-order chi connectivity index (χ1) is 8.52. The highest BCUT2D eigenvalue weighted by Gasteiger charge is 2.29. The highest BCUT2D eigenvalue weighted by Crippen LogP contribution is 2.33. The lowest BCUT2D eigenvalue weighted by Crippen LogP contribution is -2.41. The predicted molar refractivity (Wildman–Crippen MR) is 78.5 cm³/mol. The van der Waals surface area contributed by atoms with E-state index in [0.717, 1.165) is 0 Å². The molecular formula is C16H24N2. The molecule has 0 saturated carbocycles. The molecule has 1 aromatic carbocycles. The molecule has 2 heteroatoms. The zero-order chi connectivity index (χ0) is 13.3. The van der Waals surface area contributed by atoms with Crippen molar-refractivity contribution >= 4 is 5.69 Å². The molecule has 0 amide bonds. The first kappa shape index (κ1) is 13.0. The van der Waals surface area contributed by atoms with Crippen molar-refractivity contribution in [3.63, 3.8) is 0 Å². The third kappa shape index (κ3) is 2.24. The van der Waals surface area contributed by atoms with Gasteiger partial charge >= 0.3 is 0 Å². The van der Waals surface area contributed by atoms with Gasteiger partial charge in [-0.25, -0.2) is 0 Å². The fourth-order valence-electron chi connectivity index (χ4n) is 2.77. The summed E-state index contributed by atoms with van der Waals surface area (Å²) in [6.45, 7) is 9.07. The first-order valence-corrected chi connectivity index (χ1v) is 6.80. The Hall–Kier alpha value is -1.44. The molecule has 0 N–H and O–H groups in total. The van der Waals surface area contributed by atoms with Crippen molar-refractivity contribution in [2.24, 2.45) is 5.92 Å². The Labute approximate surface area is 111 Å². The molecule has 1 aliphatic rings. The summed E-state index contributed by atoms with van der Waals surface area (Å²) in [5.41, 5.74) is 2.76. The van der Waals surface area contributed by atoms with E-state index in [1.54, 1.807) is 0 Å². The second-order valence-corrected chi connectivity index (χ2v) is 5.74. The largest absolute Gasteiger partial charge is 0.359 e. The Morgan fingerprint density at radius 1 is 1.00 bits per heavy atom. The normalized spacial score (nSPS) is 19.4. The first-order valence-electron chi connectivity index (χ1n) is 6.80. The van der Waals surface area contributed by atoms with Gasteiger partial charge in [0.15, 0.2) is 0 Å². The summed E-state index contributed by atoms with van der Waals surface area (Å²) >= 11 is 0. The second kappa shape index (κ2) is 5.05. The monoisotopic (exact) mass is 244 g/mol. The van der Waals surface area contributed by atoms with Gasteiger partial charge in [0.05, 0.1) is 0 Å². The molecule has 1 unspecified atom stereocenters. The Kier molecular flexibility index (Phi) is 3.65. The van der Waals surface area contributed by atoms with Crippen molar-refractivity contribution in [2.75, 3.05) is 11.9 Å². The molecule has 0 fully saturated rings. The van der Waals surface area contributed by atoms with E-state index in [2.05, 4.69) is 81.2 Å². The molecule has 2 rings (SSSR count). The number of rotatable bonds is 3. The summed E-state index contributed by atoms with van der Waals surface area (Å²) in [5.74, 6) is 1.14. The predicted octanol–water partition coefficient (Wildman–Crippen LogP) is 4.02. The lowest BCUT2D eigenvalue weighted by molar-refractivity contribution is 0.283. The van der Waals surface area contributed by atoms with Crippen LogP contribution in [0.1, 0.15) is 39.2 Å². The molecule has 0 radical (unpaired) electrons. The van der Waals surface area contributed by atoms with Crippen molar-refractivity contribution in [2.45, 2.75) is 39.8 Å². The Morgan fingerprint density at radius 2 is 1.67 bits per heavy atom. The fourth-order valence-corrected chi connectivity index (χ4v) is 2.77. The molecular weight excluding hydrogens is 220 g/mol. The summed E-state index contributed by atoms with van der Waals surface area (Å²) in [6.07, 6.45) is 4.79. The van der Waals surface area contributed by atoms with E-state index in [4.69, 9.17) is 0 Å². The van der Waals surface area contributed by atoms with Gasteiger partial charge in [-0.3, -0.25) is 0 Å². The van der Waals surface area contributed by atoms with E-state index in [-0.39, 0.29) is 0 Å². The van der Waals surface area contributed by atoms with Crippen LogP contribution in [0.2, 0.25) is 0 Å². The van der Waals surface area contributed by atoms with Crippen LogP contribution in [-0.2, 0) is 0 Å². The number of hydrogen-bond donors (Lipinski definition) is 0. The summed E-state index contributed by atoms with van der Waals surface area (Å²) < 4.78 is 0. The molecule has 98 valence electrons. The third-order valence-electron chi connectivity index (χ3n) is 3.60. The van der Waals surface area contributed by atoms with Crippen molar-refractivity contribution in [3.05, 3.63) is 42.2 Å². The topological polar surface area (TPSA) is 6.48 Å². The lowest BCUT2D eigenvalue weighted by Gasteiger charge is -2.35. The molecule has 0 bridgehead atoms. The highest BCUT2D eigenvalue weighted by molar-refractivity contribution is 5.58. The van der Waals surface area contributed by atoms with Crippen LogP contribution in [0.5, 0.6) is 0 Å². The van der Waals surface area contributed by atoms with Gasteiger partial charge in [-0.2, -0.15) is 0 Å². The van der Waals surface area contributed by atoms with Crippen LogP contribution in [-0.4, -0.2) is 18.1 Å². The molecule has 0 saturated heterocycles. The van der Waals surface area contributed by atoms with Gasteiger partial charge in [0.25, 0.3) is 0 Å². The number of nitrogens with zero attached hydrogens (tertiary/aromatic N) is 2. The molecule has 2 nitrogen and oxygen atoms in total. The van der Waals surface area contributed by atoms with Gasteiger partial charge in [0.2, 0.25) is 0 Å². The molecule has 1 heterocycles. The molecule has 1 aromatic rings. The van der Waals surface area contributed by atoms with Crippen LogP contribution in [0.15, 0.2) is 36.7 Å². The summed E-state index contributed by atoms with van der Waals surface area (Å²) in [4.78, 5) is 4.70. The summed E-state index contributed by atoms with van der Waals surface area (Å²) in [7, 11) is 2.15. The number of anilines is 1. The summed E-state index contributed by atoms with van der Waals surface area (Å²) in [5, 5.41) is 0. The van der Waals surface area contributed by atoms with Gasteiger partial charge in [-0.1, -0.05) is 45.9 Å². The van der Waals surface area contributed by atoms with Gasteiger partial charge in [-0.05, 0) is 23.5 Å². The zero-order valence-electron chi connectivity index (χ0n) is 12.1. The van der Waals surface area contributed by atoms with Gasteiger partial charge in [-0.15, -0.1) is 0 Å². The van der Waals surface area contributed by atoms with Crippen molar-refractivity contribution in [3.8, 4) is 0 Å². The van der Waals surface area contributed by atoms with E-state index in [1.165, 1.54) is 11.3 Å². The van der Waals surface area contributed by atoms with Crippen LogP contribution >= 0.6 is 0 Å². The maximum Gasteiger partial charge on any atom is 0.107 e.